The molecule has 4 nitrogen and oxygen atoms in total. The second kappa shape index (κ2) is 12.3. The van der Waals surface area contributed by atoms with Gasteiger partial charge in [-0.1, -0.05) is 66.5 Å². The Bertz CT molecular complexity index is 798. The minimum Gasteiger partial charge on any atom is -0.392 e. The van der Waals surface area contributed by atoms with Crippen molar-refractivity contribution in [1.29, 1.82) is 0 Å². The smallest absolute Gasteiger partial charge is 0.0761 e. The second-order valence-electron chi connectivity index (χ2n) is 10.5. The van der Waals surface area contributed by atoms with E-state index in [4.69, 9.17) is 4.74 Å². The quantitative estimate of drug-likeness (QED) is 0.377. The van der Waals surface area contributed by atoms with E-state index >= 15 is 0 Å². The lowest BCUT2D eigenvalue weighted by Gasteiger charge is -2.26. The van der Waals surface area contributed by atoms with Gasteiger partial charge in [-0.25, -0.2) is 0 Å². The van der Waals surface area contributed by atoms with Crippen LogP contribution in [0, 0.1) is 24.7 Å². The first-order valence-electron chi connectivity index (χ1n) is 13.2. The van der Waals surface area contributed by atoms with Crippen molar-refractivity contribution in [2.45, 2.75) is 70.5 Å². The van der Waals surface area contributed by atoms with Crippen LogP contribution in [-0.4, -0.2) is 60.2 Å². The summed E-state index contributed by atoms with van der Waals surface area (Å²) in [5.74, 6) is 1.20. The number of morpholine rings is 1. The van der Waals surface area contributed by atoms with Crippen LogP contribution in [0.2, 0.25) is 0 Å². The third kappa shape index (κ3) is 7.26. The number of ether oxygens (including phenoxy) is 1. The van der Waals surface area contributed by atoms with Crippen LogP contribution in [0.15, 0.2) is 48.1 Å². The fourth-order valence-corrected chi connectivity index (χ4v) is 6.06. The molecule has 1 saturated carbocycles. The second-order valence-corrected chi connectivity index (χ2v) is 10.5. The molecule has 1 aromatic carbocycles. The maximum Gasteiger partial charge on any atom is 0.0761 e. The van der Waals surface area contributed by atoms with Crippen molar-refractivity contribution in [3.8, 4) is 0 Å². The van der Waals surface area contributed by atoms with Crippen molar-refractivity contribution in [3.05, 3.63) is 59.2 Å². The molecule has 4 rings (SSSR count). The van der Waals surface area contributed by atoms with Gasteiger partial charge in [0.05, 0.1) is 25.4 Å². The SMILES string of the molecule is Cc1cccc(C[C@@H](O)C=C[C@@H]2[C@H]3CC(CCCCCCN4CCOCC4)=C[C@H]3C[C@H]2O)c1. The van der Waals surface area contributed by atoms with Crippen LogP contribution in [0.1, 0.15) is 56.1 Å². The van der Waals surface area contributed by atoms with Gasteiger partial charge in [-0.05, 0) is 63.0 Å². The zero-order chi connectivity index (χ0) is 23.0. The standard InChI is InChI=1S/C29H43NO3/c1-22-7-6-9-23(17-22)19-26(31)10-11-27-28-20-24(18-25(28)21-29(27)32)8-4-2-3-5-12-30-13-15-33-16-14-30/h6-7,9-11,17-18,25-29,31-32H,2-5,8,12-16,19-21H2,1H3/t25-,26-,27+,28-,29+/m0/s1. The van der Waals surface area contributed by atoms with Gasteiger partial charge in [0.1, 0.15) is 0 Å². The van der Waals surface area contributed by atoms with Crippen LogP contribution in [0.4, 0.5) is 0 Å². The Morgan fingerprint density at radius 3 is 2.79 bits per heavy atom. The van der Waals surface area contributed by atoms with Gasteiger partial charge < -0.3 is 14.9 Å². The minimum absolute atomic E-state index is 0.171. The highest BCUT2D eigenvalue weighted by molar-refractivity contribution is 5.24. The zero-order valence-electron chi connectivity index (χ0n) is 20.4. The normalized spacial score (nSPS) is 28.9. The summed E-state index contributed by atoms with van der Waals surface area (Å²) in [6.07, 6.45) is 14.8. The van der Waals surface area contributed by atoms with E-state index in [0.717, 1.165) is 44.7 Å². The lowest BCUT2D eigenvalue weighted by Crippen LogP contribution is -2.36. The number of hydrogen-bond acceptors (Lipinski definition) is 4. The van der Waals surface area contributed by atoms with E-state index in [9.17, 15) is 10.2 Å². The predicted molar refractivity (Wildman–Crippen MR) is 134 cm³/mol. The minimum atomic E-state index is -0.496. The number of aliphatic hydroxyl groups excluding tert-OH is 2. The molecular formula is C29H43NO3. The van der Waals surface area contributed by atoms with Crippen LogP contribution in [-0.2, 0) is 11.2 Å². The fourth-order valence-electron chi connectivity index (χ4n) is 6.06. The topological polar surface area (TPSA) is 52.9 Å². The van der Waals surface area contributed by atoms with Crippen LogP contribution in [0.25, 0.3) is 0 Å². The number of aryl methyl sites for hydroxylation is 1. The molecule has 1 aromatic rings. The first kappa shape index (κ1) is 24.7. The number of fused-ring (bicyclic) bond motifs is 1. The summed E-state index contributed by atoms with van der Waals surface area (Å²) in [5, 5.41) is 21.1. The highest BCUT2D eigenvalue weighted by Crippen LogP contribution is 2.48. The third-order valence-electron chi connectivity index (χ3n) is 7.86. The van der Waals surface area contributed by atoms with E-state index in [1.807, 2.05) is 12.1 Å². The van der Waals surface area contributed by atoms with Gasteiger partial charge >= 0.3 is 0 Å². The molecule has 182 valence electrons. The maximum absolute atomic E-state index is 10.6. The number of benzene rings is 1. The van der Waals surface area contributed by atoms with E-state index < -0.39 is 6.10 Å². The number of rotatable bonds is 11. The Balaban J connectivity index is 1.16. The molecule has 0 amide bonds. The molecule has 1 saturated heterocycles. The van der Waals surface area contributed by atoms with Gasteiger partial charge in [-0.2, -0.15) is 0 Å². The fraction of sp³-hybridized carbons (Fsp3) is 0.655. The van der Waals surface area contributed by atoms with Crippen molar-refractivity contribution in [2.75, 3.05) is 32.8 Å². The van der Waals surface area contributed by atoms with Gasteiger partial charge in [0.25, 0.3) is 0 Å². The van der Waals surface area contributed by atoms with Crippen molar-refractivity contribution in [2.24, 2.45) is 17.8 Å². The molecule has 0 spiro atoms. The summed E-state index contributed by atoms with van der Waals surface area (Å²) in [7, 11) is 0. The molecule has 3 aliphatic rings. The third-order valence-corrected chi connectivity index (χ3v) is 7.86. The molecule has 0 bridgehead atoms. The van der Waals surface area contributed by atoms with Crippen LogP contribution in [0.3, 0.4) is 0 Å². The lowest BCUT2D eigenvalue weighted by atomic mass is 9.88. The van der Waals surface area contributed by atoms with Gasteiger partial charge in [-0.15, -0.1) is 0 Å². The Morgan fingerprint density at radius 1 is 1.15 bits per heavy atom. The highest BCUT2D eigenvalue weighted by atomic mass is 16.5. The Morgan fingerprint density at radius 2 is 1.97 bits per heavy atom. The van der Waals surface area contributed by atoms with E-state index in [0.29, 0.717) is 18.3 Å². The molecular weight excluding hydrogens is 410 g/mol. The van der Waals surface area contributed by atoms with E-state index in [1.165, 1.54) is 44.2 Å². The molecule has 2 aliphatic carbocycles. The van der Waals surface area contributed by atoms with Gasteiger partial charge in [-0.3, -0.25) is 4.90 Å². The van der Waals surface area contributed by atoms with E-state index in [2.05, 4.69) is 42.2 Å². The molecule has 0 radical (unpaired) electrons. The Labute approximate surface area is 200 Å². The van der Waals surface area contributed by atoms with Crippen molar-refractivity contribution >= 4 is 0 Å². The van der Waals surface area contributed by atoms with Crippen molar-refractivity contribution in [3.63, 3.8) is 0 Å². The summed E-state index contributed by atoms with van der Waals surface area (Å²) in [5.41, 5.74) is 3.98. The predicted octanol–water partition coefficient (Wildman–Crippen LogP) is 4.68. The Kier molecular flexibility index (Phi) is 9.19. The highest BCUT2D eigenvalue weighted by Gasteiger charge is 2.43. The summed E-state index contributed by atoms with van der Waals surface area (Å²) < 4.78 is 5.42. The van der Waals surface area contributed by atoms with Gasteiger partial charge in [0.2, 0.25) is 0 Å². The molecule has 5 atom stereocenters. The van der Waals surface area contributed by atoms with E-state index in [1.54, 1.807) is 5.57 Å². The van der Waals surface area contributed by atoms with Crippen LogP contribution in [0.5, 0.6) is 0 Å². The molecule has 2 N–H and O–H groups in total. The number of hydrogen-bond donors (Lipinski definition) is 2. The zero-order valence-corrected chi connectivity index (χ0v) is 20.4. The number of nitrogens with zero attached hydrogens (tertiary/aromatic N) is 1. The number of allylic oxidation sites excluding steroid dienone is 2. The lowest BCUT2D eigenvalue weighted by molar-refractivity contribution is 0.0371. The molecule has 1 aliphatic heterocycles. The van der Waals surface area contributed by atoms with Crippen molar-refractivity contribution in [1.82, 2.24) is 4.90 Å². The average molecular weight is 454 g/mol. The number of unbranched alkanes of at least 4 members (excludes halogenated alkanes) is 3. The largest absolute Gasteiger partial charge is 0.392 e. The average Bonchev–Trinajstić information content (AvgIpc) is 3.31. The maximum atomic E-state index is 10.6. The van der Waals surface area contributed by atoms with Crippen LogP contribution < -0.4 is 0 Å². The molecule has 33 heavy (non-hydrogen) atoms. The first-order chi connectivity index (χ1) is 16.1. The molecule has 0 unspecified atom stereocenters. The molecule has 2 fully saturated rings. The van der Waals surface area contributed by atoms with Crippen molar-refractivity contribution < 1.29 is 14.9 Å². The van der Waals surface area contributed by atoms with Gasteiger partial charge in [0, 0.05) is 25.4 Å². The summed E-state index contributed by atoms with van der Waals surface area (Å²) >= 11 is 0. The molecule has 4 heteroatoms. The van der Waals surface area contributed by atoms with E-state index in [-0.39, 0.29) is 12.0 Å². The summed E-state index contributed by atoms with van der Waals surface area (Å²) in [6.45, 7) is 7.29. The molecule has 1 heterocycles. The first-order valence-corrected chi connectivity index (χ1v) is 13.2. The summed E-state index contributed by atoms with van der Waals surface area (Å²) in [4.78, 5) is 2.53. The Hall–Kier alpha value is -1.46. The monoisotopic (exact) mass is 453 g/mol. The number of aliphatic hydroxyl groups is 2. The summed E-state index contributed by atoms with van der Waals surface area (Å²) in [6, 6.07) is 8.33. The van der Waals surface area contributed by atoms with Gasteiger partial charge in [0.15, 0.2) is 0 Å². The molecule has 0 aromatic heterocycles. The van der Waals surface area contributed by atoms with Crippen LogP contribution >= 0.6 is 0 Å².